The molecule has 1 aromatic carbocycles. The highest BCUT2D eigenvalue weighted by Crippen LogP contribution is 2.52. The molecule has 1 aromatic heterocycles. The minimum absolute atomic E-state index is 0.0330. The molecule has 5 heteroatoms. The van der Waals surface area contributed by atoms with Crippen LogP contribution in [0.2, 0.25) is 0 Å². The SMILES string of the molecule is CC1(c2ccc3c(c2)CCCC3)CC(c2csc(NC(=O)CCl)n2)C1. The molecule has 0 spiro atoms. The fourth-order valence-electron chi connectivity index (χ4n) is 4.27. The first-order chi connectivity index (χ1) is 12.1. The first-order valence-corrected chi connectivity index (χ1v) is 10.4. The van der Waals surface area contributed by atoms with Gasteiger partial charge in [0.25, 0.3) is 0 Å². The number of anilines is 1. The number of halogens is 1. The van der Waals surface area contributed by atoms with E-state index >= 15 is 0 Å². The average Bonchev–Trinajstić information content (AvgIpc) is 3.06. The summed E-state index contributed by atoms with van der Waals surface area (Å²) in [6, 6.07) is 7.15. The minimum atomic E-state index is -0.199. The maximum Gasteiger partial charge on any atom is 0.241 e. The second kappa shape index (κ2) is 6.73. The van der Waals surface area contributed by atoms with E-state index in [9.17, 15) is 4.79 Å². The molecule has 0 unspecified atom stereocenters. The highest BCUT2D eigenvalue weighted by atomic mass is 35.5. The summed E-state index contributed by atoms with van der Waals surface area (Å²) in [5, 5.41) is 5.46. The zero-order chi connectivity index (χ0) is 17.4. The topological polar surface area (TPSA) is 42.0 Å². The van der Waals surface area contributed by atoms with Gasteiger partial charge in [-0.15, -0.1) is 22.9 Å². The standard InChI is InChI=1S/C20H23ClN2OS/c1-20(16-7-6-13-4-2-3-5-14(13)8-16)9-15(10-20)17-12-25-19(22-17)23-18(24)11-21/h6-8,12,15H,2-5,9-11H2,1H3,(H,22,23,24). The fourth-order valence-corrected chi connectivity index (χ4v) is 5.14. The number of hydrogen-bond acceptors (Lipinski definition) is 3. The number of benzene rings is 1. The van der Waals surface area contributed by atoms with Gasteiger partial charge in [0.15, 0.2) is 5.13 Å². The summed E-state index contributed by atoms with van der Waals surface area (Å²) in [6.07, 6.45) is 7.38. The van der Waals surface area contributed by atoms with E-state index in [4.69, 9.17) is 11.6 Å². The Morgan fingerprint density at radius 1 is 1.32 bits per heavy atom. The second-order valence-electron chi connectivity index (χ2n) is 7.62. The molecule has 2 aromatic rings. The highest BCUT2D eigenvalue weighted by Gasteiger charge is 2.43. The van der Waals surface area contributed by atoms with Crippen molar-refractivity contribution >= 4 is 34.0 Å². The van der Waals surface area contributed by atoms with Crippen molar-refractivity contribution in [1.82, 2.24) is 4.98 Å². The molecule has 1 saturated carbocycles. The van der Waals surface area contributed by atoms with Crippen LogP contribution in [0.4, 0.5) is 5.13 Å². The predicted octanol–water partition coefficient (Wildman–Crippen LogP) is 5.03. The van der Waals surface area contributed by atoms with Crippen molar-refractivity contribution in [2.24, 2.45) is 0 Å². The summed E-state index contributed by atoms with van der Waals surface area (Å²) in [5.74, 6) is 0.253. The van der Waals surface area contributed by atoms with E-state index in [1.807, 2.05) is 0 Å². The van der Waals surface area contributed by atoms with Gasteiger partial charge in [0.2, 0.25) is 5.91 Å². The molecule has 0 bridgehead atoms. The first kappa shape index (κ1) is 17.0. The number of nitrogens with zero attached hydrogens (tertiary/aromatic N) is 1. The van der Waals surface area contributed by atoms with Gasteiger partial charge in [-0.2, -0.15) is 0 Å². The van der Waals surface area contributed by atoms with Crippen LogP contribution in [-0.4, -0.2) is 16.8 Å². The number of alkyl halides is 1. The molecular formula is C20H23ClN2OS. The van der Waals surface area contributed by atoms with Crippen LogP contribution in [0.1, 0.15) is 60.9 Å². The Bertz CT molecular complexity index is 795. The maximum atomic E-state index is 11.4. The van der Waals surface area contributed by atoms with E-state index in [1.54, 1.807) is 11.1 Å². The molecule has 1 fully saturated rings. The Morgan fingerprint density at radius 2 is 2.08 bits per heavy atom. The molecule has 0 aliphatic heterocycles. The summed E-state index contributed by atoms with van der Waals surface area (Å²) in [7, 11) is 0. The zero-order valence-electron chi connectivity index (χ0n) is 14.5. The van der Waals surface area contributed by atoms with E-state index in [2.05, 4.69) is 40.8 Å². The van der Waals surface area contributed by atoms with Crippen LogP contribution in [-0.2, 0) is 23.1 Å². The van der Waals surface area contributed by atoms with E-state index < -0.39 is 0 Å². The highest BCUT2D eigenvalue weighted by molar-refractivity contribution is 7.14. The third-order valence-corrected chi connectivity index (χ3v) is 6.77. The number of fused-ring (bicyclic) bond motifs is 1. The zero-order valence-corrected chi connectivity index (χ0v) is 16.1. The summed E-state index contributed by atoms with van der Waals surface area (Å²) >= 11 is 7.01. The van der Waals surface area contributed by atoms with Gasteiger partial charge in [0.1, 0.15) is 5.88 Å². The molecule has 132 valence electrons. The van der Waals surface area contributed by atoms with Crippen molar-refractivity contribution in [2.45, 2.75) is 56.8 Å². The third-order valence-electron chi connectivity index (χ3n) is 5.75. The third kappa shape index (κ3) is 3.34. The van der Waals surface area contributed by atoms with Gasteiger partial charge in [-0.1, -0.05) is 25.1 Å². The average molecular weight is 375 g/mol. The van der Waals surface area contributed by atoms with Crippen molar-refractivity contribution in [2.75, 3.05) is 11.2 Å². The van der Waals surface area contributed by atoms with Gasteiger partial charge in [0, 0.05) is 11.3 Å². The van der Waals surface area contributed by atoms with Gasteiger partial charge in [0.05, 0.1) is 5.69 Å². The second-order valence-corrected chi connectivity index (χ2v) is 8.74. The molecule has 0 saturated heterocycles. The van der Waals surface area contributed by atoms with Crippen molar-refractivity contribution in [3.8, 4) is 0 Å². The summed E-state index contributed by atoms with van der Waals surface area (Å²) in [6.45, 7) is 2.37. The van der Waals surface area contributed by atoms with Crippen LogP contribution in [0, 0.1) is 0 Å². The fraction of sp³-hybridized carbons (Fsp3) is 0.500. The Morgan fingerprint density at radius 3 is 2.84 bits per heavy atom. The number of nitrogens with one attached hydrogen (secondary N) is 1. The molecule has 3 nitrogen and oxygen atoms in total. The van der Waals surface area contributed by atoms with Gasteiger partial charge in [-0.3, -0.25) is 4.79 Å². The number of aryl methyl sites for hydroxylation is 2. The van der Waals surface area contributed by atoms with E-state index in [0.29, 0.717) is 11.0 Å². The van der Waals surface area contributed by atoms with E-state index in [-0.39, 0.29) is 17.2 Å². The largest absolute Gasteiger partial charge is 0.301 e. The number of aromatic nitrogens is 1. The predicted molar refractivity (Wildman–Crippen MR) is 104 cm³/mol. The Kier molecular flexibility index (Phi) is 4.59. The van der Waals surface area contributed by atoms with Crippen LogP contribution in [0.15, 0.2) is 23.6 Å². The van der Waals surface area contributed by atoms with E-state index in [1.165, 1.54) is 42.6 Å². The molecular weight excluding hydrogens is 352 g/mol. The molecule has 0 radical (unpaired) electrons. The normalized spacial score (nSPS) is 25.1. The van der Waals surface area contributed by atoms with Crippen molar-refractivity contribution in [3.05, 3.63) is 46.0 Å². The van der Waals surface area contributed by atoms with Gasteiger partial charge in [-0.05, 0) is 60.6 Å². The Balaban J connectivity index is 1.44. The molecule has 1 amide bonds. The molecule has 25 heavy (non-hydrogen) atoms. The molecule has 1 N–H and O–H groups in total. The van der Waals surface area contributed by atoms with Gasteiger partial charge >= 0.3 is 0 Å². The lowest BCUT2D eigenvalue weighted by Gasteiger charge is -2.45. The molecule has 2 aliphatic rings. The molecule has 1 heterocycles. The minimum Gasteiger partial charge on any atom is -0.301 e. The summed E-state index contributed by atoms with van der Waals surface area (Å²) in [5.41, 5.74) is 5.95. The van der Waals surface area contributed by atoms with Gasteiger partial charge in [-0.25, -0.2) is 4.98 Å². The lowest BCUT2D eigenvalue weighted by Crippen LogP contribution is -2.37. The van der Waals surface area contributed by atoms with Crippen LogP contribution in [0.25, 0.3) is 0 Å². The van der Waals surface area contributed by atoms with Crippen molar-refractivity contribution in [1.29, 1.82) is 0 Å². The number of rotatable bonds is 4. The molecule has 2 aliphatic carbocycles. The molecule has 4 rings (SSSR count). The maximum absolute atomic E-state index is 11.4. The van der Waals surface area contributed by atoms with Crippen LogP contribution in [0.3, 0.4) is 0 Å². The number of carbonyl (C=O) groups is 1. The Labute approximate surface area is 157 Å². The summed E-state index contributed by atoms with van der Waals surface area (Å²) < 4.78 is 0. The first-order valence-electron chi connectivity index (χ1n) is 9.01. The molecule has 0 atom stereocenters. The number of thiazole rings is 1. The van der Waals surface area contributed by atoms with Crippen LogP contribution >= 0.6 is 22.9 Å². The summed E-state index contributed by atoms with van der Waals surface area (Å²) in [4.78, 5) is 16.0. The monoisotopic (exact) mass is 374 g/mol. The van der Waals surface area contributed by atoms with E-state index in [0.717, 1.165) is 18.5 Å². The number of carbonyl (C=O) groups excluding carboxylic acids is 1. The lowest BCUT2D eigenvalue weighted by atomic mass is 9.59. The quantitative estimate of drug-likeness (QED) is 0.762. The lowest BCUT2D eigenvalue weighted by molar-refractivity contribution is -0.113. The number of hydrogen-bond donors (Lipinski definition) is 1. The van der Waals surface area contributed by atoms with Crippen LogP contribution in [0.5, 0.6) is 0 Å². The number of amides is 1. The van der Waals surface area contributed by atoms with Gasteiger partial charge < -0.3 is 5.32 Å². The van der Waals surface area contributed by atoms with Crippen LogP contribution < -0.4 is 5.32 Å². The van der Waals surface area contributed by atoms with Crippen molar-refractivity contribution in [3.63, 3.8) is 0 Å². The smallest absolute Gasteiger partial charge is 0.241 e. The Hall–Kier alpha value is -1.39. The van der Waals surface area contributed by atoms with Crippen molar-refractivity contribution < 1.29 is 4.79 Å².